The largest absolute Gasteiger partial charge is 0.349 e. The minimum absolute atomic E-state index is 0.0249. The molecule has 0 saturated heterocycles. The Bertz CT molecular complexity index is 698. The fourth-order valence-electron chi connectivity index (χ4n) is 4.18. The molecule has 1 aromatic rings. The van der Waals surface area contributed by atoms with Crippen LogP contribution >= 0.6 is 0 Å². The van der Waals surface area contributed by atoms with Crippen LogP contribution in [-0.4, -0.2) is 41.9 Å². The Morgan fingerprint density at radius 1 is 1.00 bits per heavy atom. The van der Waals surface area contributed by atoms with Crippen molar-refractivity contribution in [3.05, 3.63) is 29.3 Å². The Hall–Kier alpha value is -1.88. The highest BCUT2D eigenvalue weighted by Crippen LogP contribution is 2.27. The number of anilines is 1. The minimum Gasteiger partial charge on any atom is -0.349 e. The normalized spacial score (nSPS) is 16.7. The van der Waals surface area contributed by atoms with E-state index in [9.17, 15) is 9.59 Å². The van der Waals surface area contributed by atoms with Gasteiger partial charge in [-0.05, 0) is 69.8 Å². The van der Waals surface area contributed by atoms with Crippen molar-refractivity contribution in [2.45, 2.75) is 98.2 Å². The van der Waals surface area contributed by atoms with Crippen LogP contribution < -0.4 is 10.2 Å². The fourth-order valence-corrected chi connectivity index (χ4v) is 4.18. The quantitative estimate of drug-likeness (QED) is 0.725. The van der Waals surface area contributed by atoms with Gasteiger partial charge in [-0.2, -0.15) is 0 Å². The number of benzene rings is 1. The Morgan fingerprint density at radius 2 is 1.63 bits per heavy atom. The summed E-state index contributed by atoms with van der Waals surface area (Å²) in [5.74, 6) is 0.0433. The summed E-state index contributed by atoms with van der Waals surface area (Å²) in [6.45, 7) is 12.8. The molecule has 1 N–H and O–H groups in total. The molecule has 5 nitrogen and oxygen atoms in total. The summed E-state index contributed by atoms with van der Waals surface area (Å²) >= 11 is 0. The average Bonchev–Trinajstić information content (AvgIpc) is 2.71. The van der Waals surface area contributed by atoms with Gasteiger partial charge in [0.1, 0.15) is 0 Å². The van der Waals surface area contributed by atoms with Crippen molar-refractivity contribution in [2.75, 3.05) is 18.0 Å². The number of hydrogen-bond acceptors (Lipinski definition) is 3. The summed E-state index contributed by atoms with van der Waals surface area (Å²) in [6.07, 6.45) is 7.66. The number of carbonyl (C=O) groups excluding carboxylic acids is 2. The maximum absolute atomic E-state index is 12.9. The van der Waals surface area contributed by atoms with Gasteiger partial charge in [-0.25, -0.2) is 0 Å². The van der Waals surface area contributed by atoms with E-state index >= 15 is 0 Å². The summed E-state index contributed by atoms with van der Waals surface area (Å²) in [5.41, 5.74) is 2.70. The van der Waals surface area contributed by atoms with Crippen LogP contribution in [0, 0.1) is 0 Å². The molecule has 0 fully saturated rings. The van der Waals surface area contributed by atoms with E-state index in [1.54, 1.807) is 6.92 Å². The summed E-state index contributed by atoms with van der Waals surface area (Å²) in [6, 6.07) is 6.46. The summed E-state index contributed by atoms with van der Waals surface area (Å²) in [5, 5.41) is 3.14. The van der Waals surface area contributed by atoms with E-state index in [2.05, 4.69) is 37.9 Å². The van der Waals surface area contributed by atoms with E-state index < -0.39 is 0 Å². The second-order valence-corrected chi connectivity index (χ2v) is 8.83. The van der Waals surface area contributed by atoms with Crippen molar-refractivity contribution in [1.82, 2.24) is 10.2 Å². The van der Waals surface area contributed by atoms with Crippen LogP contribution in [0.25, 0.3) is 0 Å². The van der Waals surface area contributed by atoms with E-state index in [4.69, 9.17) is 0 Å². The van der Waals surface area contributed by atoms with Crippen molar-refractivity contribution in [3.63, 3.8) is 0 Å². The Kier molecular flexibility index (Phi) is 9.83. The van der Waals surface area contributed by atoms with Gasteiger partial charge < -0.3 is 10.2 Å². The summed E-state index contributed by atoms with van der Waals surface area (Å²) < 4.78 is 0. The van der Waals surface area contributed by atoms with Crippen LogP contribution in [0.4, 0.5) is 5.69 Å². The number of fused-ring (bicyclic) bond motifs is 1. The molecule has 30 heavy (non-hydrogen) atoms. The van der Waals surface area contributed by atoms with E-state index in [1.807, 2.05) is 23.1 Å². The zero-order valence-corrected chi connectivity index (χ0v) is 19.7. The molecule has 0 spiro atoms. The average molecular weight is 416 g/mol. The molecule has 0 radical (unpaired) electrons. The van der Waals surface area contributed by atoms with Crippen LogP contribution in [0.15, 0.2) is 18.2 Å². The Labute approximate surface area is 183 Å². The topological polar surface area (TPSA) is 52.7 Å². The van der Waals surface area contributed by atoms with Crippen molar-refractivity contribution in [2.24, 2.45) is 0 Å². The molecule has 0 unspecified atom stereocenters. The third-order valence-corrected chi connectivity index (χ3v) is 6.26. The second-order valence-electron chi connectivity index (χ2n) is 8.83. The van der Waals surface area contributed by atoms with Gasteiger partial charge in [-0.3, -0.25) is 14.5 Å². The lowest BCUT2D eigenvalue weighted by Gasteiger charge is -2.31. The van der Waals surface area contributed by atoms with Crippen LogP contribution in [0.5, 0.6) is 0 Å². The highest BCUT2D eigenvalue weighted by molar-refractivity contribution is 5.97. The lowest BCUT2D eigenvalue weighted by molar-refractivity contribution is -0.116. The van der Waals surface area contributed by atoms with Gasteiger partial charge in [0.05, 0.1) is 0 Å². The standard InChI is InChI=1S/C25H41N3O2/c1-6-23(7-2)26-25(30)21-13-14-24-22(17-21)18-27(19(3)4)15-11-9-8-10-12-16-28(24)20(5)29/h13-14,17,19,23H,6-12,15-16,18H2,1-5H3,(H,26,30). The fraction of sp³-hybridized carbons (Fsp3) is 0.680. The summed E-state index contributed by atoms with van der Waals surface area (Å²) in [4.78, 5) is 29.7. The zero-order chi connectivity index (χ0) is 22.1. The SMILES string of the molecule is CCC(CC)NC(=O)c1ccc2c(c1)CN(C(C)C)CCCCCCCN2C(C)=O. The molecular formula is C25H41N3O2. The molecule has 0 saturated carbocycles. The van der Waals surface area contributed by atoms with Crippen molar-refractivity contribution >= 4 is 17.5 Å². The first kappa shape index (κ1) is 24.4. The predicted octanol–water partition coefficient (Wildman–Crippen LogP) is 5.13. The van der Waals surface area contributed by atoms with Crippen molar-refractivity contribution < 1.29 is 9.59 Å². The number of amides is 2. The van der Waals surface area contributed by atoms with Crippen LogP contribution in [0.3, 0.4) is 0 Å². The van der Waals surface area contributed by atoms with E-state index in [0.29, 0.717) is 11.6 Å². The van der Waals surface area contributed by atoms with Gasteiger partial charge in [0.25, 0.3) is 5.91 Å². The predicted molar refractivity (Wildman–Crippen MR) is 125 cm³/mol. The lowest BCUT2D eigenvalue weighted by atomic mass is 10.0. The Balaban J connectivity index is 2.42. The number of carbonyl (C=O) groups is 2. The Morgan fingerprint density at radius 3 is 2.23 bits per heavy atom. The van der Waals surface area contributed by atoms with Gasteiger partial charge in [0.15, 0.2) is 0 Å². The van der Waals surface area contributed by atoms with Gasteiger partial charge in [0.2, 0.25) is 5.91 Å². The molecule has 1 aliphatic heterocycles. The molecule has 1 aromatic carbocycles. The van der Waals surface area contributed by atoms with E-state index in [-0.39, 0.29) is 17.9 Å². The molecule has 0 aliphatic carbocycles. The van der Waals surface area contributed by atoms with Gasteiger partial charge in [-0.1, -0.05) is 33.1 Å². The second kappa shape index (κ2) is 12.1. The van der Waals surface area contributed by atoms with Crippen molar-refractivity contribution in [1.29, 1.82) is 0 Å². The molecule has 168 valence electrons. The zero-order valence-electron chi connectivity index (χ0n) is 19.7. The molecular weight excluding hydrogens is 374 g/mol. The number of hydrogen-bond donors (Lipinski definition) is 1. The first-order chi connectivity index (χ1) is 14.4. The minimum atomic E-state index is -0.0249. The first-order valence-corrected chi connectivity index (χ1v) is 11.8. The van der Waals surface area contributed by atoms with E-state index in [0.717, 1.165) is 56.6 Å². The summed E-state index contributed by atoms with van der Waals surface area (Å²) in [7, 11) is 0. The lowest BCUT2D eigenvalue weighted by Crippen LogP contribution is -2.36. The third kappa shape index (κ3) is 6.83. The molecule has 0 atom stereocenters. The van der Waals surface area contributed by atoms with Crippen molar-refractivity contribution in [3.8, 4) is 0 Å². The van der Waals surface area contributed by atoms with Gasteiger partial charge in [-0.15, -0.1) is 0 Å². The van der Waals surface area contributed by atoms with Crippen LogP contribution in [0.2, 0.25) is 0 Å². The molecule has 1 heterocycles. The van der Waals surface area contributed by atoms with Gasteiger partial charge in [0, 0.05) is 43.3 Å². The molecule has 0 aromatic heterocycles. The monoisotopic (exact) mass is 415 g/mol. The molecule has 5 heteroatoms. The number of rotatable bonds is 5. The molecule has 0 bridgehead atoms. The van der Waals surface area contributed by atoms with Gasteiger partial charge >= 0.3 is 0 Å². The van der Waals surface area contributed by atoms with Crippen LogP contribution in [0.1, 0.15) is 95.5 Å². The maximum Gasteiger partial charge on any atom is 0.251 e. The van der Waals surface area contributed by atoms with E-state index in [1.165, 1.54) is 19.3 Å². The highest BCUT2D eigenvalue weighted by atomic mass is 16.2. The highest BCUT2D eigenvalue weighted by Gasteiger charge is 2.21. The van der Waals surface area contributed by atoms with Crippen LogP contribution in [-0.2, 0) is 11.3 Å². The smallest absolute Gasteiger partial charge is 0.251 e. The number of nitrogens with one attached hydrogen (secondary N) is 1. The molecule has 2 amide bonds. The molecule has 1 aliphatic rings. The number of nitrogens with zero attached hydrogens (tertiary/aromatic N) is 2. The third-order valence-electron chi connectivity index (χ3n) is 6.26. The first-order valence-electron chi connectivity index (χ1n) is 11.8. The maximum atomic E-state index is 12.9. The molecule has 2 rings (SSSR count).